The molecule has 0 bridgehead atoms. The normalized spacial score (nSPS) is 14.9. The quantitative estimate of drug-likeness (QED) is 0.516. The van der Waals surface area contributed by atoms with Crippen molar-refractivity contribution in [3.63, 3.8) is 0 Å². The maximum Gasteiger partial charge on any atom is 0.340 e. The van der Waals surface area contributed by atoms with Gasteiger partial charge in [0.25, 0.3) is 0 Å². The molecule has 0 aliphatic carbocycles. The van der Waals surface area contributed by atoms with E-state index < -0.39 is 5.92 Å². The minimum atomic E-state index is -0.563. The van der Waals surface area contributed by atoms with Crippen molar-refractivity contribution in [2.75, 3.05) is 11.9 Å². The monoisotopic (exact) mass is 416 g/mol. The summed E-state index contributed by atoms with van der Waals surface area (Å²) in [5.41, 5.74) is 5.69. The lowest BCUT2D eigenvalue weighted by molar-refractivity contribution is -0.116. The summed E-state index contributed by atoms with van der Waals surface area (Å²) in [6.07, 6.45) is 2.01. The van der Waals surface area contributed by atoms with Gasteiger partial charge in [-0.15, -0.1) is 0 Å². The third-order valence-electron chi connectivity index (χ3n) is 5.90. The van der Waals surface area contributed by atoms with Gasteiger partial charge in [0.1, 0.15) is 0 Å². The predicted octanol–water partition coefficient (Wildman–Crippen LogP) is 5.52. The highest BCUT2D eigenvalue weighted by Crippen LogP contribution is 2.45. The zero-order chi connectivity index (χ0) is 22.0. The van der Waals surface area contributed by atoms with Crippen LogP contribution in [-0.2, 0) is 16.1 Å². The summed E-state index contributed by atoms with van der Waals surface area (Å²) < 4.78 is 7.65. The topological polar surface area (TPSA) is 60.3 Å². The van der Waals surface area contributed by atoms with Crippen LogP contribution < -0.4 is 5.32 Å². The number of carbonyl (C=O) groups excluding carboxylic acids is 2. The van der Waals surface area contributed by atoms with Crippen molar-refractivity contribution in [3.8, 4) is 11.3 Å². The molecule has 0 saturated heterocycles. The fourth-order valence-electron chi connectivity index (χ4n) is 4.50. The van der Waals surface area contributed by atoms with Crippen molar-refractivity contribution >= 4 is 17.6 Å². The minimum absolute atomic E-state index is 0.114. The number of anilines is 1. The molecule has 5 nitrogen and oxygen atoms in total. The van der Waals surface area contributed by atoms with Crippen LogP contribution in [0.4, 0.5) is 5.69 Å². The van der Waals surface area contributed by atoms with Crippen molar-refractivity contribution in [3.05, 3.63) is 77.0 Å². The molecule has 1 atom stereocenters. The highest BCUT2D eigenvalue weighted by atomic mass is 16.5. The largest absolute Gasteiger partial charge is 0.462 e. The minimum Gasteiger partial charge on any atom is -0.462 e. The maximum atomic E-state index is 13.2. The summed E-state index contributed by atoms with van der Waals surface area (Å²) in [5.74, 6) is -1.05. The smallest absolute Gasteiger partial charge is 0.340 e. The van der Waals surface area contributed by atoms with Crippen molar-refractivity contribution < 1.29 is 14.3 Å². The number of nitrogens with zero attached hydrogens (tertiary/aromatic N) is 1. The first kappa shape index (κ1) is 20.9. The van der Waals surface area contributed by atoms with E-state index in [2.05, 4.69) is 16.8 Å². The van der Waals surface area contributed by atoms with Crippen molar-refractivity contribution in [2.45, 2.75) is 46.1 Å². The molecule has 0 fully saturated rings. The Kier molecular flexibility index (Phi) is 5.94. The summed E-state index contributed by atoms with van der Waals surface area (Å²) in [6.45, 7) is 6.96. The van der Waals surface area contributed by atoms with Gasteiger partial charge in [-0.2, -0.15) is 0 Å². The van der Waals surface area contributed by atoms with Crippen LogP contribution in [0.3, 0.4) is 0 Å². The number of nitrogens with one attached hydrogen (secondary N) is 1. The molecule has 160 valence electrons. The second-order valence-corrected chi connectivity index (χ2v) is 7.82. The Balaban J connectivity index is 2.04. The van der Waals surface area contributed by atoms with E-state index in [1.54, 1.807) is 6.92 Å². The van der Waals surface area contributed by atoms with Crippen LogP contribution >= 0.6 is 0 Å². The first-order chi connectivity index (χ1) is 15.1. The first-order valence-electron chi connectivity index (χ1n) is 10.9. The summed E-state index contributed by atoms with van der Waals surface area (Å²) in [4.78, 5) is 26.4. The van der Waals surface area contributed by atoms with Crippen molar-refractivity contribution in [2.24, 2.45) is 0 Å². The fourth-order valence-corrected chi connectivity index (χ4v) is 4.50. The number of esters is 1. The van der Waals surface area contributed by atoms with E-state index in [9.17, 15) is 9.59 Å². The van der Waals surface area contributed by atoms with Crippen LogP contribution in [-0.4, -0.2) is 23.1 Å². The van der Waals surface area contributed by atoms with Gasteiger partial charge >= 0.3 is 5.97 Å². The standard InChI is InChI=1S/C26H28N2O3/c1-4-6-16-28-17(3)21(26(30)31-5-2)23(24(28)18-12-8-7-9-13-18)22-19-14-10-11-15-20(19)27-25(22)29/h7-15,22H,4-6,16H2,1-3H3,(H,27,29). The molecule has 0 saturated carbocycles. The van der Waals surface area contributed by atoms with Gasteiger partial charge in [0, 0.05) is 23.5 Å². The molecular formula is C26H28N2O3. The molecule has 31 heavy (non-hydrogen) atoms. The number of rotatable bonds is 7. The molecule has 2 aromatic carbocycles. The number of benzene rings is 2. The van der Waals surface area contributed by atoms with Crippen LogP contribution in [0.1, 0.15) is 59.8 Å². The van der Waals surface area contributed by atoms with E-state index >= 15 is 0 Å². The molecule has 4 rings (SSSR count). The highest BCUT2D eigenvalue weighted by molar-refractivity contribution is 6.08. The van der Waals surface area contributed by atoms with Crippen LogP contribution in [0.15, 0.2) is 54.6 Å². The van der Waals surface area contributed by atoms with E-state index in [1.165, 1.54) is 0 Å². The molecule has 5 heteroatoms. The van der Waals surface area contributed by atoms with Crippen molar-refractivity contribution in [1.29, 1.82) is 0 Å². The van der Waals surface area contributed by atoms with E-state index in [-0.39, 0.29) is 18.5 Å². The number of aromatic nitrogens is 1. The zero-order valence-corrected chi connectivity index (χ0v) is 18.3. The SMILES string of the molecule is CCCCn1c(C)c(C(=O)OCC)c(C2C(=O)Nc3ccccc32)c1-c1ccccc1. The lowest BCUT2D eigenvalue weighted by Gasteiger charge is -2.16. The van der Waals surface area contributed by atoms with E-state index in [4.69, 9.17) is 4.74 Å². The molecular weight excluding hydrogens is 388 g/mol. The first-order valence-corrected chi connectivity index (χ1v) is 10.9. The molecule has 1 amide bonds. The molecule has 2 heterocycles. The lowest BCUT2D eigenvalue weighted by atomic mass is 9.87. The third-order valence-corrected chi connectivity index (χ3v) is 5.90. The van der Waals surface area contributed by atoms with Crippen LogP contribution in [0.2, 0.25) is 0 Å². The van der Waals surface area contributed by atoms with Crippen LogP contribution in [0.25, 0.3) is 11.3 Å². The average molecular weight is 417 g/mol. The second kappa shape index (κ2) is 8.80. The number of unbranched alkanes of at least 4 members (excludes halogenated alkanes) is 1. The van der Waals surface area contributed by atoms with Gasteiger partial charge in [-0.05, 0) is 37.5 Å². The second-order valence-electron chi connectivity index (χ2n) is 7.82. The Bertz CT molecular complexity index is 1120. The van der Waals surface area contributed by atoms with E-state index in [1.807, 2.05) is 61.5 Å². The van der Waals surface area contributed by atoms with E-state index in [0.29, 0.717) is 5.56 Å². The summed E-state index contributed by atoms with van der Waals surface area (Å²) >= 11 is 0. The molecule has 1 aromatic heterocycles. The Morgan fingerprint density at radius 1 is 1.06 bits per heavy atom. The molecule has 3 aromatic rings. The fraction of sp³-hybridized carbons (Fsp3) is 0.308. The molecule has 0 spiro atoms. The third kappa shape index (κ3) is 3.65. The van der Waals surface area contributed by atoms with Gasteiger partial charge in [-0.1, -0.05) is 61.9 Å². The molecule has 1 aliphatic rings. The van der Waals surface area contributed by atoms with Gasteiger partial charge in [0.05, 0.1) is 23.8 Å². The van der Waals surface area contributed by atoms with Gasteiger partial charge in [0.15, 0.2) is 0 Å². The van der Waals surface area contributed by atoms with Crippen LogP contribution in [0, 0.1) is 6.92 Å². The average Bonchev–Trinajstić information content (AvgIpc) is 3.25. The molecule has 1 N–H and O–H groups in total. The Morgan fingerprint density at radius 2 is 1.77 bits per heavy atom. The number of fused-ring (bicyclic) bond motifs is 1. The predicted molar refractivity (Wildman–Crippen MR) is 122 cm³/mol. The molecule has 1 unspecified atom stereocenters. The summed E-state index contributed by atoms with van der Waals surface area (Å²) in [5, 5.41) is 2.99. The number of amides is 1. The Labute approximate surface area is 183 Å². The number of ether oxygens (including phenoxy) is 1. The number of para-hydroxylation sites is 1. The molecule has 1 aliphatic heterocycles. The Morgan fingerprint density at radius 3 is 2.48 bits per heavy atom. The van der Waals surface area contributed by atoms with Gasteiger partial charge in [-0.3, -0.25) is 4.79 Å². The number of hydrogen-bond acceptors (Lipinski definition) is 3. The lowest BCUT2D eigenvalue weighted by Crippen LogP contribution is -2.17. The summed E-state index contributed by atoms with van der Waals surface area (Å²) in [6, 6.07) is 17.7. The number of hydrogen-bond donors (Lipinski definition) is 1. The van der Waals surface area contributed by atoms with Crippen LogP contribution in [0.5, 0.6) is 0 Å². The number of carbonyl (C=O) groups is 2. The highest BCUT2D eigenvalue weighted by Gasteiger charge is 2.39. The summed E-state index contributed by atoms with van der Waals surface area (Å²) in [7, 11) is 0. The Hall–Kier alpha value is -3.34. The molecule has 0 radical (unpaired) electrons. The van der Waals surface area contributed by atoms with Gasteiger partial charge < -0.3 is 14.6 Å². The zero-order valence-electron chi connectivity index (χ0n) is 18.3. The van der Waals surface area contributed by atoms with Gasteiger partial charge in [-0.25, -0.2) is 4.79 Å². The van der Waals surface area contributed by atoms with Gasteiger partial charge in [0.2, 0.25) is 5.91 Å². The van der Waals surface area contributed by atoms with Crippen molar-refractivity contribution in [1.82, 2.24) is 4.57 Å². The van der Waals surface area contributed by atoms with E-state index in [0.717, 1.165) is 53.2 Å². The maximum absolute atomic E-state index is 13.2.